The molecule has 0 aliphatic carbocycles. The second-order valence-corrected chi connectivity index (χ2v) is 26.5. The molecule has 0 radical (unpaired) electrons. The highest BCUT2D eigenvalue weighted by Crippen LogP contribution is 2.28. The van der Waals surface area contributed by atoms with E-state index in [1.54, 1.807) is 105 Å². The van der Waals surface area contributed by atoms with Gasteiger partial charge in [0.15, 0.2) is 0 Å². The van der Waals surface area contributed by atoms with E-state index in [0.717, 1.165) is 103 Å². The number of phenols is 2. The summed E-state index contributed by atoms with van der Waals surface area (Å²) in [5.74, 6) is 0.542. The molecule has 0 unspecified atom stereocenters. The summed E-state index contributed by atoms with van der Waals surface area (Å²) in [6, 6.07) is 89.1. The maximum absolute atomic E-state index is 9.20. The van der Waals surface area contributed by atoms with E-state index in [2.05, 4.69) is 127 Å². The van der Waals surface area contributed by atoms with Gasteiger partial charge in [-0.25, -0.2) is 0 Å². The molecule has 2 N–H and O–H groups in total. The highest BCUT2D eigenvalue weighted by atomic mass is 16.4. The summed E-state index contributed by atoms with van der Waals surface area (Å²) < 4.78 is 57.1. The van der Waals surface area contributed by atoms with E-state index in [9.17, 15) is 5.11 Å². The van der Waals surface area contributed by atoms with Crippen molar-refractivity contribution in [1.29, 1.82) is 0 Å². The Morgan fingerprint density at radius 3 is 1.22 bits per heavy atom. The van der Waals surface area contributed by atoms with Crippen LogP contribution in [0.2, 0.25) is 0 Å². The number of furan rings is 11. The zero-order valence-electron chi connectivity index (χ0n) is 64.5. The van der Waals surface area contributed by atoms with Gasteiger partial charge >= 0.3 is 0 Å². The molecule has 13 nitrogen and oxygen atoms in total. The Kier molecular flexibility index (Phi) is 27.4. The van der Waals surface area contributed by atoms with Crippen molar-refractivity contribution in [2.24, 2.45) is 0 Å². The minimum absolute atomic E-state index is 0.270. The molecule has 13 heteroatoms. The van der Waals surface area contributed by atoms with Gasteiger partial charge in [0.1, 0.15) is 72.9 Å². The lowest BCUT2D eigenvalue weighted by Gasteiger charge is -1.95. The molecule has 0 spiro atoms. The fraction of sp³-hybridized carbons (Fsp3) is 0.120. The van der Waals surface area contributed by atoms with Gasteiger partial charge in [-0.05, 0) is 244 Å². The number of hydrogen-bond acceptors (Lipinski definition) is 13. The predicted molar refractivity (Wildman–Crippen MR) is 458 cm³/mol. The molecule has 0 saturated carbocycles. The lowest BCUT2D eigenvalue weighted by Crippen LogP contribution is -1.78. The van der Waals surface area contributed by atoms with Crippen molar-refractivity contribution in [2.75, 3.05) is 0 Å². The minimum Gasteiger partial charge on any atom is -0.508 e. The van der Waals surface area contributed by atoms with Crippen molar-refractivity contribution < 1.29 is 58.8 Å². The Morgan fingerprint density at radius 2 is 0.602 bits per heavy atom. The number of para-hydroxylation sites is 3. The standard InChI is InChI=1S/4C10H10O.4C9H8O.2C8H6O2.C8H6O/c1-2-8-3-4-10-9(7-8)5-6-11-10;1-2-8-3-4-9-5-6-11-10(9)7-8;1-2-8-4-3-5-10-9(8)6-7-11-10;1-2-8-4-3-5-9-6-7-11-10(8)9;1-7-2-3-9-8(6-7)4-5-10-9;1-7-2-3-8-4-5-10-9(8)6-7;1-7-3-2-4-9-8(7)5-6-10-9;1-7-3-2-4-8-5-6-10-9(7)8;9-7-1-2-8-6(5-7)3-4-10-8;9-7-2-1-3-8-6(7)4-5-10-8;1-2-4-8-7(3-1)5-6-9-8/h4*3-7H,2H2,1H3;4*2-6H,1H3;2*1-5,9H;1-6H. The van der Waals surface area contributed by atoms with Crippen LogP contribution in [0.15, 0.2) is 390 Å². The van der Waals surface area contributed by atoms with Crippen molar-refractivity contribution >= 4 is 121 Å². The molecule has 11 heterocycles. The van der Waals surface area contributed by atoms with Crippen LogP contribution in [0, 0.1) is 27.7 Å². The van der Waals surface area contributed by atoms with Crippen molar-refractivity contribution in [2.45, 2.75) is 81.1 Å². The first-order valence-electron chi connectivity index (χ1n) is 37.6. The van der Waals surface area contributed by atoms with Gasteiger partial charge in [-0.1, -0.05) is 155 Å². The van der Waals surface area contributed by atoms with Crippen molar-refractivity contribution in [3.05, 3.63) is 386 Å². The lowest BCUT2D eigenvalue weighted by molar-refractivity contribution is 0.475. The fourth-order valence-corrected chi connectivity index (χ4v) is 12.4. The van der Waals surface area contributed by atoms with Crippen LogP contribution in [0.5, 0.6) is 11.5 Å². The Hall–Kier alpha value is -14.0. The monoisotopic (exact) mass is 1500 g/mol. The second-order valence-electron chi connectivity index (χ2n) is 26.5. The number of phenolic OH excluding ortho intramolecular Hbond substituents is 2. The van der Waals surface area contributed by atoms with E-state index in [-0.39, 0.29) is 11.5 Å². The molecule has 0 fully saturated rings. The van der Waals surface area contributed by atoms with E-state index in [1.807, 2.05) is 165 Å². The summed E-state index contributed by atoms with van der Waals surface area (Å²) in [5.41, 5.74) is 20.7. The van der Waals surface area contributed by atoms with Gasteiger partial charge in [-0.15, -0.1) is 0 Å². The van der Waals surface area contributed by atoms with E-state index >= 15 is 0 Å². The summed E-state index contributed by atoms with van der Waals surface area (Å²) in [7, 11) is 0. The van der Waals surface area contributed by atoms with Crippen LogP contribution in [-0.4, -0.2) is 10.2 Å². The van der Waals surface area contributed by atoms with E-state index in [4.69, 9.17) is 53.7 Å². The molecule has 0 aliphatic rings. The van der Waals surface area contributed by atoms with Crippen molar-refractivity contribution in [3.63, 3.8) is 0 Å². The topological polar surface area (TPSA) is 185 Å². The summed E-state index contributed by atoms with van der Waals surface area (Å²) >= 11 is 0. The SMILES string of the molecule is CCc1ccc2ccoc2c1.CCc1ccc2occc2c1.CCc1cccc2ccoc12.CCc1cccc2occc12.Cc1ccc2ccoc2c1.Cc1ccc2occc2c1.Cc1cccc2ccoc12.Cc1cccc2occc12.Oc1ccc2occc2c1.Oc1cccc2occc12.c1ccc2occc2c1. The summed E-state index contributed by atoms with van der Waals surface area (Å²) in [6.45, 7) is 16.8. The van der Waals surface area contributed by atoms with Gasteiger partial charge in [0, 0.05) is 53.9 Å². The first-order chi connectivity index (χ1) is 55.3. The van der Waals surface area contributed by atoms with Gasteiger partial charge in [0.05, 0.1) is 74.3 Å². The first kappa shape index (κ1) is 78.5. The average Bonchev–Trinajstić information content (AvgIpc) is 1.74. The third-order valence-electron chi connectivity index (χ3n) is 18.6. The average molecular weight is 1500 g/mol. The third-order valence-corrected chi connectivity index (χ3v) is 18.6. The van der Waals surface area contributed by atoms with Crippen LogP contribution in [-0.2, 0) is 25.7 Å². The van der Waals surface area contributed by atoms with Crippen LogP contribution in [0.4, 0.5) is 0 Å². The van der Waals surface area contributed by atoms with Crippen LogP contribution >= 0.6 is 0 Å². The van der Waals surface area contributed by atoms with Gasteiger partial charge in [0.25, 0.3) is 0 Å². The number of aryl methyl sites for hydroxylation is 8. The lowest BCUT2D eigenvalue weighted by atomic mass is 10.1. The summed E-state index contributed by atoms with van der Waals surface area (Å²) in [5, 5.41) is 30.6. The smallest absolute Gasteiger partial charge is 0.137 e. The zero-order valence-corrected chi connectivity index (χ0v) is 64.5. The molecule has 0 bridgehead atoms. The molecule has 0 saturated heterocycles. The quantitative estimate of drug-likeness (QED) is 0.170. The molecule has 568 valence electrons. The molecule has 113 heavy (non-hydrogen) atoms. The number of benzene rings is 11. The highest BCUT2D eigenvalue weighted by molar-refractivity contribution is 5.86. The van der Waals surface area contributed by atoms with E-state index in [1.165, 1.54) is 87.6 Å². The van der Waals surface area contributed by atoms with Crippen molar-refractivity contribution in [1.82, 2.24) is 0 Å². The predicted octanol–water partition coefficient (Wildman–Crippen LogP) is 29.7. The summed E-state index contributed by atoms with van der Waals surface area (Å²) in [6.07, 6.45) is 22.9. The van der Waals surface area contributed by atoms with Crippen LogP contribution < -0.4 is 0 Å². The summed E-state index contributed by atoms with van der Waals surface area (Å²) in [4.78, 5) is 0. The molecule has 22 rings (SSSR count). The minimum atomic E-state index is 0.270. The Balaban J connectivity index is 0.000000115. The molecule has 0 atom stereocenters. The fourth-order valence-electron chi connectivity index (χ4n) is 12.4. The maximum atomic E-state index is 9.20. The number of rotatable bonds is 4. The van der Waals surface area contributed by atoms with Gasteiger partial charge < -0.3 is 58.8 Å². The van der Waals surface area contributed by atoms with Gasteiger partial charge in [-0.2, -0.15) is 0 Å². The number of fused-ring (bicyclic) bond motifs is 11. The normalized spacial score (nSPS) is 10.5. The number of hydrogen-bond donors (Lipinski definition) is 2. The van der Waals surface area contributed by atoms with Gasteiger partial charge in [0.2, 0.25) is 0 Å². The molecular formula is C100H90O13. The van der Waals surface area contributed by atoms with E-state index < -0.39 is 0 Å². The molecule has 11 aromatic carbocycles. The Morgan fingerprint density at radius 1 is 0.221 bits per heavy atom. The largest absolute Gasteiger partial charge is 0.508 e. The van der Waals surface area contributed by atoms with Crippen molar-refractivity contribution in [3.8, 4) is 11.5 Å². The van der Waals surface area contributed by atoms with Crippen LogP contribution in [0.25, 0.3) is 121 Å². The first-order valence-corrected chi connectivity index (χ1v) is 37.6. The second kappa shape index (κ2) is 39.4. The molecule has 0 aliphatic heterocycles. The zero-order chi connectivity index (χ0) is 78.7. The maximum Gasteiger partial charge on any atom is 0.137 e. The molecular weight excluding hydrogens is 1410 g/mol. The molecule has 11 aromatic heterocycles. The Bertz CT molecular complexity index is 6050. The van der Waals surface area contributed by atoms with Gasteiger partial charge in [-0.3, -0.25) is 0 Å². The molecule has 22 aromatic rings. The van der Waals surface area contributed by atoms with Crippen LogP contribution in [0.1, 0.15) is 72.2 Å². The third kappa shape index (κ3) is 21.3. The molecule has 0 amide bonds. The number of aromatic hydroxyl groups is 2. The van der Waals surface area contributed by atoms with Crippen LogP contribution in [0.3, 0.4) is 0 Å². The Labute approximate surface area is 654 Å². The highest BCUT2D eigenvalue weighted by Gasteiger charge is 2.05. The van der Waals surface area contributed by atoms with E-state index in [0.29, 0.717) is 0 Å².